The van der Waals surface area contributed by atoms with Crippen molar-refractivity contribution in [3.63, 3.8) is 0 Å². The maximum Gasteiger partial charge on any atom is 0.335 e. The van der Waals surface area contributed by atoms with Gasteiger partial charge >= 0.3 is 5.97 Å². The lowest BCUT2D eigenvalue weighted by molar-refractivity contribution is 0.0264. The van der Waals surface area contributed by atoms with E-state index in [0.29, 0.717) is 42.9 Å². The quantitative estimate of drug-likeness (QED) is 0.224. The van der Waals surface area contributed by atoms with E-state index in [0.717, 1.165) is 61.7 Å². The van der Waals surface area contributed by atoms with Crippen LogP contribution in [0.15, 0.2) is 54.6 Å². The Bertz CT molecular complexity index is 1880. The van der Waals surface area contributed by atoms with Gasteiger partial charge in [-0.2, -0.15) is 10.5 Å². The minimum atomic E-state index is -0.972. The molecule has 2 atom stereocenters. The molecule has 0 radical (unpaired) electrons. The zero-order chi connectivity index (χ0) is 31.8. The summed E-state index contributed by atoms with van der Waals surface area (Å²) in [6.07, 6.45) is 4.58. The highest BCUT2D eigenvalue weighted by atomic mass is 19.1. The van der Waals surface area contributed by atoms with Crippen molar-refractivity contribution in [3.8, 4) is 23.8 Å². The fourth-order valence-electron chi connectivity index (χ4n) is 7.05. The van der Waals surface area contributed by atoms with Crippen LogP contribution in [-0.4, -0.2) is 49.7 Å². The van der Waals surface area contributed by atoms with E-state index in [2.05, 4.69) is 20.5 Å². The SMILES string of the molecule is N#CCC1(Cn2c(CN3CC4CCC(C3)C4Oc3cccc(COc4ccc(C#N)cc4F)n3)nc3ccc(C(=O)O)cc32)CC1. The second kappa shape index (κ2) is 12.1. The molecule has 234 valence electrons. The summed E-state index contributed by atoms with van der Waals surface area (Å²) >= 11 is 0. The fraction of sp³-hybridized carbons (Fsp3) is 0.400. The number of pyridine rings is 1. The van der Waals surface area contributed by atoms with E-state index in [-0.39, 0.29) is 35.0 Å². The lowest BCUT2D eigenvalue weighted by atomic mass is 9.94. The number of halogens is 1. The predicted molar refractivity (Wildman–Crippen MR) is 164 cm³/mol. The molecule has 1 N–H and O–H groups in total. The van der Waals surface area contributed by atoms with Gasteiger partial charge in [-0.25, -0.2) is 19.2 Å². The lowest BCUT2D eigenvalue weighted by Gasteiger charge is -2.37. The molecular weight excluding hydrogens is 587 g/mol. The predicted octanol–water partition coefficient (Wildman–Crippen LogP) is 5.70. The smallest absolute Gasteiger partial charge is 0.335 e. The van der Waals surface area contributed by atoms with E-state index in [9.17, 15) is 19.6 Å². The molecule has 2 aromatic carbocycles. The lowest BCUT2D eigenvalue weighted by Crippen LogP contribution is -2.47. The highest BCUT2D eigenvalue weighted by Gasteiger charge is 2.45. The molecule has 7 rings (SSSR count). The van der Waals surface area contributed by atoms with Gasteiger partial charge in [0.05, 0.1) is 46.5 Å². The van der Waals surface area contributed by atoms with Crippen molar-refractivity contribution in [2.75, 3.05) is 13.1 Å². The molecule has 3 aliphatic rings. The van der Waals surface area contributed by atoms with Gasteiger partial charge in [-0.1, -0.05) is 6.07 Å². The van der Waals surface area contributed by atoms with E-state index >= 15 is 0 Å². The first-order valence-electron chi connectivity index (χ1n) is 15.6. The largest absolute Gasteiger partial charge is 0.484 e. The van der Waals surface area contributed by atoms with Crippen LogP contribution in [0.2, 0.25) is 0 Å². The monoisotopic (exact) mass is 620 g/mol. The van der Waals surface area contributed by atoms with Crippen LogP contribution < -0.4 is 9.47 Å². The van der Waals surface area contributed by atoms with Gasteiger partial charge < -0.3 is 19.1 Å². The molecule has 2 saturated carbocycles. The van der Waals surface area contributed by atoms with Gasteiger partial charge in [0.15, 0.2) is 11.6 Å². The van der Waals surface area contributed by atoms with E-state index in [4.69, 9.17) is 19.7 Å². The second-order valence-corrected chi connectivity index (χ2v) is 12.8. The van der Waals surface area contributed by atoms with Gasteiger partial charge in [0.2, 0.25) is 5.88 Å². The molecular formula is C35H33FN6O4. The summed E-state index contributed by atoms with van der Waals surface area (Å²) in [7, 11) is 0. The maximum absolute atomic E-state index is 14.3. The number of likely N-dealkylation sites (tertiary alicyclic amines) is 1. The number of nitrogens with zero attached hydrogens (tertiary/aromatic N) is 6. The first-order valence-corrected chi connectivity index (χ1v) is 15.6. The van der Waals surface area contributed by atoms with E-state index in [1.54, 1.807) is 24.3 Å². The van der Waals surface area contributed by atoms with Crippen molar-refractivity contribution in [3.05, 3.63) is 83.1 Å². The number of aromatic carboxylic acids is 1. The number of rotatable bonds is 11. The van der Waals surface area contributed by atoms with Gasteiger partial charge in [0.25, 0.3) is 0 Å². The minimum Gasteiger partial charge on any atom is -0.484 e. The molecule has 3 fully saturated rings. The molecule has 1 saturated heterocycles. The number of hydrogen-bond donors (Lipinski definition) is 1. The van der Waals surface area contributed by atoms with Gasteiger partial charge in [-0.15, -0.1) is 0 Å². The normalized spacial score (nSPS) is 21.4. The van der Waals surface area contributed by atoms with Crippen molar-refractivity contribution in [1.82, 2.24) is 19.4 Å². The number of piperidine rings is 1. The molecule has 2 unspecified atom stereocenters. The van der Waals surface area contributed by atoms with Crippen LogP contribution in [-0.2, 0) is 19.7 Å². The Kier molecular flexibility index (Phi) is 7.79. The van der Waals surface area contributed by atoms with Crippen molar-refractivity contribution >= 4 is 17.0 Å². The van der Waals surface area contributed by atoms with E-state index in [1.165, 1.54) is 12.1 Å². The van der Waals surface area contributed by atoms with Crippen molar-refractivity contribution in [1.29, 1.82) is 10.5 Å². The van der Waals surface area contributed by atoms with Crippen LogP contribution in [0, 0.1) is 45.7 Å². The molecule has 2 aromatic heterocycles. The highest BCUT2D eigenvalue weighted by molar-refractivity contribution is 5.92. The van der Waals surface area contributed by atoms with Crippen LogP contribution in [0.3, 0.4) is 0 Å². The number of carbonyl (C=O) groups is 1. The number of nitriles is 2. The zero-order valence-electron chi connectivity index (χ0n) is 25.2. The summed E-state index contributed by atoms with van der Waals surface area (Å²) < 4.78 is 28.5. The van der Waals surface area contributed by atoms with E-state index in [1.807, 2.05) is 18.2 Å². The van der Waals surface area contributed by atoms with Crippen molar-refractivity contribution in [2.24, 2.45) is 17.3 Å². The fourth-order valence-corrected chi connectivity index (χ4v) is 7.05. The summed E-state index contributed by atoms with van der Waals surface area (Å²) in [6, 6.07) is 18.9. The Balaban J connectivity index is 1.03. The summed E-state index contributed by atoms with van der Waals surface area (Å²) in [5.41, 5.74) is 2.57. The molecule has 0 amide bonds. The molecule has 46 heavy (non-hydrogen) atoms. The summed E-state index contributed by atoms with van der Waals surface area (Å²) in [4.78, 5) is 23.7. The van der Waals surface area contributed by atoms with Crippen LogP contribution in [0.4, 0.5) is 4.39 Å². The molecule has 11 heteroatoms. The summed E-state index contributed by atoms with van der Waals surface area (Å²) in [5, 5.41) is 28.0. The maximum atomic E-state index is 14.3. The number of imidazole rings is 1. The number of carboxylic acid groups (broad SMARTS) is 1. The first-order chi connectivity index (χ1) is 22.3. The topological polar surface area (TPSA) is 137 Å². The van der Waals surface area contributed by atoms with Gasteiger partial charge in [0, 0.05) is 49.4 Å². The van der Waals surface area contributed by atoms with Crippen molar-refractivity contribution in [2.45, 2.75) is 57.9 Å². The van der Waals surface area contributed by atoms with Crippen LogP contribution in [0.1, 0.15) is 59.5 Å². The number of benzene rings is 2. The molecule has 2 aliphatic carbocycles. The third kappa shape index (κ3) is 5.99. The minimum absolute atomic E-state index is 0.0261. The Morgan fingerprint density at radius 2 is 1.87 bits per heavy atom. The second-order valence-electron chi connectivity index (χ2n) is 12.8. The number of ether oxygens (including phenoxy) is 2. The molecule has 2 bridgehead atoms. The van der Waals surface area contributed by atoms with Crippen LogP contribution >= 0.6 is 0 Å². The first kappa shape index (κ1) is 29.7. The molecule has 3 heterocycles. The Labute approximate surface area is 265 Å². The highest BCUT2D eigenvalue weighted by Crippen LogP contribution is 2.50. The van der Waals surface area contributed by atoms with Gasteiger partial charge in [0.1, 0.15) is 18.5 Å². The zero-order valence-corrected chi connectivity index (χ0v) is 25.2. The average Bonchev–Trinajstić information content (AvgIpc) is 3.67. The number of aromatic nitrogens is 3. The summed E-state index contributed by atoms with van der Waals surface area (Å²) in [6.45, 7) is 3.04. The van der Waals surface area contributed by atoms with Crippen molar-refractivity contribution < 1.29 is 23.8 Å². The van der Waals surface area contributed by atoms with Gasteiger partial charge in [-0.05, 0) is 68.1 Å². The van der Waals surface area contributed by atoms with E-state index < -0.39 is 11.8 Å². The van der Waals surface area contributed by atoms with Crippen LogP contribution in [0.5, 0.6) is 11.6 Å². The molecule has 1 aliphatic heterocycles. The Morgan fingerprint density at radius 1 is 1.07 bits per heavy atom. The third-order valence-electron chi connectivity index (χ3n) is 9.64. The number of fused-ring (bicyclic) bond motifs is 3. The van der Waals surface area contributed by atoms with Crippen LogP contribution in [0.25, 0.3) is 11.0 Å². The van der Waals surface area contributed by atoms with Gasteiger partial charge in [-0.3, -0.25) is 4.90 Å². The number of carboxylic acids is 1. The third-order valence-corrected chi connectivity index (χ3v) is 9.64. The number of hydrogen-bond acceptors (Lipinski definition) is 8. The molecule has 0 spiro atoms. The molecule has 4 aromatic rings. The molecule has 10 nitrogen and oxygen atoms in total. The Morgan fingerprint density at radius 3 is 2.57 bits per heavy atom. The Hall–Kier alpha value is -5.00. The average molecular weight is 621 g/mol. The standard InChI is InChI=1S/C35H33FN6O4/c36-27-14-22(16-38)4-9-30(27)45-20-26-2-1-3-32(39-26)46-33-24-5-6-25(33)18-41(17-24)19-31-40-28-8-7-23(34(43)44)15-29(28)42(31)21-35(10-11-35)12-13-37/h1-4,7-9,14-15,24-25,33H,5-6,10-12,17-21H2,(H,43,44). The summed E-state index contributed by atoms with van der Waals surface area (Å²) in [5.74, 6) is 0.542.